The molecular weight excluding hydrogens is 308 g/mol. The molecule has 0 spiro atoms. The van der Waals surface area contributed by atoms with E-state index in [1.165, 1.54) is 43.4 Å². The van der Waals surface area contributed by atoms with Crippen LogP contribution in [0.5, 0.6) is 0 Å². The fourth-order valence-corrected chi connectivity index (χ4v) is 3.98. The largest absolute Gasteiger partial charge is 0.306 e. The summed E-state index contributed by atoms with van der Waals surface area (Å²) in [6.45, 7) is 0.932. The maximum atomic E-state index is 12.0. The molecule has 118 valence electrons. The quantitative estimate of drug-likeness (QED) is 0.890. The molecule has 0 aromatic carbocycles. The van der Waals surface area contributed by atoms with Crippen LogP contribution in [0.1, 0.15) is 50.0 Å². The molecule has 1 amide bonds. The molecule has 1 aliphatic carbocycles. The van der Waals surface area contributed by atoms with Gasteiger partial charge in [-0.2, -0.15) is 0 Å². The maximum Gasteiger partial charge on any atom is 0.243 e. The SMILES string of the molecule is Cl.O=C(Nc1nnc(CC2CCCCC2)s1)C1CCCN1. The van der Waals surface area contributed by atoms with Gasteiger partial charge in [-0.3, -0.25) is 10.1 Å². The van der Waals surface area contributed by atoms with E-state index >= 15 is 0 Å². The van der Waals surface area contributed by atoms with Crippen molar-refractivity contribution in [2.45, 2.75) is 57.4 Å². The zero-order chi connectivity index (χ0) is 13.8. The number of halogens is 1. The van der Waals surface area contributed by atoms with Gasteiger partial charge in [0.15, 0.2) is 0 Å². The van der Waals surface area contributed by atoms with Crippen molar-refractivity contribution in [3.63, 3.8) is 0 Å². The Morgan fingerprint density at radius 1 is 1.19 bits per heavy atom. The molecule has 1 unspecified atom stereocenters. The fourth-order valence-electron chi connectivity index (χ4n) is 3.13. The van der Waals surface area contributed by atoms with E-state index in [1.54, 1.807) is 0 Å². The molecule has 1 saturated heterocycles. The second-order valence-electron chi connectivity index (χ2n) is 5.85. The van der Waals surface area contributed by atoms with Gasteiger partial charge >= 0.3 is 0 Å². The van der Waals surface area contributed by atoms with Gasteiger partial charge in [0.25, 0.3) is 0 Å². The smallest absolute Gasteiger partial charge is 0.243 e. The van der Waals surface area contributed by atoms with Gasteiger partial charge in [0, 0.05) is 6.42 Å². The summed E-state index contributed by atoms with van der Waals surface area (Å²) in [5, 5.41) is 16.1. The summed E-state index contributed by atoms with van der Waals surface area (Å²) in [4.78, 5) is 12.0. The number of rotatable bonds is 4. The topological polar surface area (TPSA) is 66.9 Å². The molecule has 2 aliphatic rings. The van der Waals surface area contributed by atoms with Gasteiger partial charge in [0.2, 0.25) is 11.0 Å². The molecule has 2 heterocycles. The summed E-state index contributed by atoms with van der Waals surface area (Å²) < 4.78 is 0. The molecule has 1 aliphatic heterocycles. The lowest BCUT2D eigenvalue weighted by Crippen LogP contribution is -2.35. The van der Waals surface area contributed by atoms with Gasteiger partial charge < -0.3 is 5.32 Å². The van der Waals surface area contributed by atoms with E-state index in [4.69, 9.17) is 0 Å². The molecule has 0 radical (unpaired) electrons. The number of anilines is 1. The molecule has 3 rings (SSSR count). The normalized spacial score (nSPS) is 22.8. The predicted molar refractivity (Wildman–Crippen MR) is 87.1 cm³/mol. The lowest BCUT2D eigenvalue weighted by atomic mass is 9.87. The van der Waals surface area contributed by atoms with E-state index in [-0.39, 0.29) is 24.4 Å². The highest BCUT2D eigenvalue weighted by molar-refractivity contribution is 7.15. The van der Waals surface area contributed by atoms with Crippen molar-refractivity contribution < 1.29 is 4.79 Å². The Balaban J connectivity index is 0.00000161. The standard InChI is InChI=1S/C14H22N4OS.ClH/c19-13(11-7-4-8-15-11)16-14-18-17-12(20-14)9-10-5-2-1-3-6-10;/h10-11,15H,1-9H2,(H,16,18,19);1H. The van der Waals surface area contributed by atoms with E-state index in [2.05, 4.69) is 20.8 Å². The van der Waals surface area contributed by atoms with Crippen molar-refractivity contribution >= 4 is 34.8 Å². The third-order valence-corrected chi connectivity index (χ3v) is 5.12. The fraction of sp³-hybridized carbons (Fsp3) is 0.786. The van der Waals surface area contributed by atoms with Crippen molar-refractivity contribution in [1.82, 2.24) is 15.5 Å². The molecule has 5 nitrogen and oxygen atoms in total. The molecule has 2 fully saturated rings. The number of amides is 1. The van der Waals surface area contributed by atoms with E-state index in [0.717, 1.165) is 36.7 Å². The first-order valence-corrected chi connectivity index (χ1v) is 8.49. The van der Waals surface area contributed by atoms with Crippen LogP contribution in [0.15, 0.2) is 0 Å². The first-order chi connectivity index (χ1) is 9.81. The van der Waals surface area contributed by atoms with E-state index in [9.17, 15) is 4.79 Å². The van der Waals surface area contributed by atoms with Crippen LogP contribution in [0.25, 0.3) is 0 Å². The van der Waals surface area contributed by atoms with E-state index in [1.807, 2.05) is 0 Å². The molecule has 1 aromatic heterocycles. The van der Waals surface area contributed by atoms with Crippen molar-refractivity contribution in [1.29, 1.82) is 0 Å². The Morgan fingerprint density at radius 3 is 2.71 bits per heavy atom. The summed E-state index contributed by atoms with van der Waals surface area (Å²) in [5.74, 6) is 0.791. The maximum absolute atomic E-state index is 12.0. The Kier molecular flexibility index (Phi) is 6.39. The number of hydrogen-bond acceptors (Lipinski definition) is 5. The number of nitrogens with zero attached hydrogens (tertiary/aromatic N) is 2. The van der Waals surface area contributed by atoms with Crippen molar-refractivity contribution in [3.8, 4) is 0 Å². The monoisotopic (exact) mass is 330 g/mol. The van der Waals surface area contributed by atoms with Crippen LogP contribution in [-0.4, -0.2) is 28.7 Å². The van der Waals surface area contributed by atoms with Crippen LogP contribution >= 0.6 is 23.7 Å². The summed E-state index contributed by atoms with van der Waals surface area (Å²) in [6, 6.07) is -0.0549. The zero-order valence-electron chi connectivity index (χ0n) is 12.1. The zero-order valence-corrected chi connectivity index (χ0v) is 13.8. The molecule has 1 aromatic rings. The second kappa shape index (κ2) is 8.06. The highest BCUT2D eigenvalue weighted by atomic mass is 35.5. The number of hydrogen-bond donors (Lipinski definition) is 2. The molecular formula is C14H23ClN4OS. The number of nitrogens with one attached hydrogen (secondary N) is 2. The first-order valence-electron chi connectivity index (χ1n) is 7.68. The van der Waals surface area contributed by atoms with Gasteiger partial charge in [-0.1, -0.05) is 43.4 Å². The molecule has 2 N–H and O–H groups in total. The van der Waals surface area contributed by atoms with Crippen molar-refractivity contribution in [3.05, 3.63) is 5.01 Å². The average Bonchev–Trinajstić information content (AvgIpc) is 3.11. The van der Waals surface area contributed by atoms with Crippen molar-refractivity contribution in [2.75, 3.05) is 11.9 Å². The summed E-state index contributed by atoms with van der Waals surface area (Å²) in [5.41, 5.74) is 0. The predicted octanol–water partition coefficient (Wildman–Crippen LogP) is 2.77. The van der Waals surface area contributed by atoms with Crippen LogP contribution in [0.4, 0.5) is 5.13 Å². The van der Waals surface area contributed by atoms with Crippen LogP contribution in [0, 0.1) is 5.92 Å². The second-order valence-corrected chi connectivity index (χ2v) is 6.91. The highest BCUT2D eigenvalue weighted by Crippen LogP contribution is 2.28. The third-order valence-electron chi connectivity index (χ3n) is 4.26. The van der Waals surface area contributed by atoms with Gasteiger partial charge in [-0.25, -0.2) is 0 Å². The van der Waals surface area contributed by atoms with Gasteiger partial charge in [0.1, 0.15) is 5.01 Å². The minimum Gasteiger partial charge on any atom is -0.306 e. The van der Waals surface area contributed by atoms with E-state index in [0.29, 0.717) is 5.13 Å². The number of aromatic nitrogens is 2. The van der Waals surface area contributed by atoms with Crippen LogP contribution < -0.4 is 10.6 Å². The molecule has 1 atom stereocenters. The molecule has 0 bridgehead atoms. The Morgan fingerprint density at radius 2 is 2.00 bits per heavy atom. The Bertz CT molecular complexity index is 456. The molecule has 7 heteroatoms. The Labute approximate surface area is 135 Å². The highest BCUT2D eigenvalue weighted by Gasteiger charge is 2.23. The minimum absolute atomic E-state index is 0. The number of carbonyl (C=O) groups is 1. The van der Waals surface area contributed by atoms with Crippen LogP contribution in [-0.2, 0) is 11.2 Å². The summed E-state index contributed by atoms with van der Waals surface area (Å²) >= 11 is 1.53. The van der Waals surface area contributed by atoms with E-state index < -0.39 is 0 Å². The van der Waals surface area contributed by atoms with Crippen molar-refractivity contribution in [2.24, 2.45) is 5.92 Å². The van der Waals surface area contributed by atoms with Crippen LogP contribution in [0.3, 0.4) is 0 Å². The average molecular weight is 331 g/mol. The van der Waals surface area contributed by atoms with Gasteiger partial charge in [0.05, 0.1) is 6.04 Å². The van der Waals surface area contributed by atoms with Crippen LogP contribution in [0.2, 0.25) is 0 Å². The first kappa shape index (κ1) is 16.6. The lowest BCUT2D eigenvalue weighted by molar-refractivity contribution is -0.117. The van der Waals surface area contributed by atoms with Gasteiger partial charge in [-0.05, 0) is 25.3 Å². The molecule has 21 heavy (non-hydrogen) atoms. The summed E-state index contributed by atoms with van der Waals surface area (Å²) in [7, 11) is 0. The third kappa shape index (κ3) is 4.63. The minimum atomic E-state index is -0.0549. The van der Waals surface area contributed by atoms with Gasteiger partial charge in [-0.15, -0.1) is 22.6 Å². The summed E-state index contributed by atoms with van der Waals surface area (Å²) in [6.07, 6.45) is 9.71. The number of carbonyl (C=O) groups excluding carboxylic acids is 1. The lowest BCUT2D eigenvalue weighted by Gasteiger charge is -2.19. The Hall–Kier alpha value is -0.720. The molecule has 1 saturated carbocycles.